The Kier molecular flexibility index (Phi) is 21.1. The second-order valence-corrected chi connectivity index (χ2v) is 10.7. The van der Waals surface area contributed by atoms with Crippen LogP contribution in [-0.4, -0.2) is 34.4 Å². The molecule has 2 atom stereocenters. The van der Waals surface area contributed by atoms with Gasteiger partial charge in [0.05, 0.1) is 0 Å². The molecule has 0 bridgehead atoms. The van der Waals surface area contributed by atoms with E-state index < -0.39 is 14.7 Å². The van der Waals surface area contributed by atoms with Gasteiger partial charge in [-0.25, -0.2) is 0 Å². The van der Waals surface area contributed by atoms with E-state index in [0.29, 0.717) is 24.6 Å². The second kappa shape index (κ2) is 16.2. The van der Waals surface area contributed by atoms with Crippen molar-refractivity contribution >= 4 is 14.7 Å². The molecule has 4 nitrogen and oxygen atoms in total. The Bertz CT molecular complexity index is 317. The van der Waals surface area contributed by atoms with Gasteiger partial charge in [0.15, 0.2) is 14.7 Å². The van der Waals surface area contributed by atoms with Gasteiger partial charge in [0.25, 0.3) is 0 Å². The van der Waals surface area contributed by atoms with Crippen molar-refractivity contribution in [2.45, 2.75) is 66.2 Å². The molecule has 0 aromatic rings. The zero-order valence-electron chi connectivity index (χ0n) is 15.7. The van der Waals surface area contributed by atoms with Crippen LogP contribution in [0.15, 0.2) is 0 Å². The third-order valence-corrected chi connectivity index (χ3v) is 7.22. The Morgan fingerprint density at radius 1 is 0.714 bits per heavy atom. The van der Waals surface area contributed by atoms with E-state index in [0.717, 1.165) is 25.7 Å². The van der Waals surface area contributed by atoms with E-state index in [4.69, 9.17) is 4.89 Å². The molecular weight excluding hydrogens is 317 g/mol. The topological polar surface area (TPSA) is 74.6 Å². The molecule has 0 radical (unpaired) electrons. The van der Waals surface area contributed by atoms with Crippen LogP contribution in [0.3, 0.4) is 0 Å². The van der Waals surface area contributed by atoms with Crippen molar-refractivity contribution in [1.82, 2.24) is 0 Å². The van der Waals surface area contributed by atoms with Gasteiger partial charge >= 0.3 is 29.6 Å². The molecule has 126 valence electrons. The SMILES string of the molecule is CCCCCCP(=O)(O)CC.CCCCP(=O)(O)CC.[H-].[Na+]. The molecule has 0 heterocycles. The minimum absolute atomic E-state index is 0. The predicted octanol–water partition coefficient (Wildman–Crippen LogP) is 2.05. The minimum atomic E-state index is -2.71. The van der Waals surface area contributed by atoms with E-state index in [2.05, 4.69) is 6.92 Å². The van der Waals surface area contributed by atoms with E-state index in [-0.39, 0.29) is 31.0 Å². The van der Waals surface area contributed by atoms with Crippen molar-refractivity contribution in [3.8, 4) is 0 Å². The zero-order valence-corrected chi connectivity index (χ0v) is 18.5. The maximum Gasteiger partial charge on any atom is 1.00 e. The molecule has 2 unspecified atom stereocenters. The summed E-state index contributed by atoms with van der Waals surface area (Å²) in [6.45, 7) is 7.70. The normalized spacial score (nSPS) is 15.9. The largest absolute Gasteiger partial charge is 1.00 e. The average Bonchev–Trinajstić information content (AvgIpc) is 2.42. The maximum absolute atomic E-state index is 11.1. The molecule has 0 aromatic heterocycles. The molecule has 0 fully saturated rings. The van der Waals surface area contributed by atoms with E-state index in [9.17, 15) is 14.0 Å². The van der Waals surface area contributed by atoms with Gasteiger partial charge in [-0.2, -0.15) is 0 Å². The second-order valence-electron chi connectivity index (χ2n) is 5.19. The van der Waals surface area contributed by atoms with Crippen LogP contribution in [-0.2, 0) is 9.13 Å². The van der Waals surface area contributed by atoms with Crippen LogP contribution >= 0.6 is 14.7 Å². The molecule has 2 N–H and O–H groups in total. The Balaban J connectivity index is -0.000000137. The minimum Gasteiger partial charge on any atom is -1.00 e. The van der Waals surface area contributed by atoms with Gasteiger partial charge in [-0.05, 0) is 12.8 Å². The molecule has 21 heavy (non-hydrogen) atoms. The Labute approximate surface area is 155 Å². The van der Waals surface area contributed by atoms with Crippen LogP contribution < -0.4 is 29.6 Å². The molecular formula is C14H35NaO4P2. The van der Waals surface area contributed by atoms with Crippen molar-refractivity contribution in [3.63, 3.8) is 0 Å². The van der Waals surface area contributed by atoms with Gasteiger partial charge in [-0.3, -0.25) is 9.13 Å². The van der Waals surface area contributed by atoms with Crippen molar-refractivity contribution in [2.24, 2.45) is 0 Å². The Hall–Kier alpha value is 1.38. The first kappa shape index (κ1) is 27.2. The molecule has 7 heteroatoms. The van der Waals surface area contributed by atoms with Gasteiger partial charge in [0, 0.05) is 24.6 Å². The Morgan fingerprint density at radius 2 is 1.10 bits per heavy atom. The summed E-state index contributed by atoms with van der Waals surface area (Å²) in [5.74, 6) is 0. The molecule has 0 aliphatic carbocycles. The first-order valence-corrected chi connectivity index (χ1v) is 11.9. The number of unbranched alkanes of at least 4 members (excludes halogenated alkanes) is 4. The summed E-state index contributed by atoms with van der Waals surface area (Å²) in [5.41, 5.74) is 0. The van der Waals surface area contributed by atoms with Gasteiger partial charge in [0.2, 0.25) is 0 Å². The van der Waals surface area contributed by atoms with E-state index in [1.54, 1.807) is 13.8 Å². The van der Waals surface area contributed by atoms with E-state index in [1.165, 1.54) is 12.8 Å². The standard InChI is InChI=1S/C8H19O2P.C6H15O2P.Na.H/c1-3-5-6-7-8-11(9,10)4-2;1-3-5-6-9(7,8)4-2;;/h3-8H2,1-2H3,(H,9,10);3-6H2,1-2H3,(H,7,8);;/q;;+1;-1. The number of hydrogen-bond acceptors (Lipinski definition) is 2. The summed E-state index contributed by atoms with van der Waals surface area (Å²) in [7, 11) is -5.40. The molecule has 0 amide bonds. The number of rotatable bonds is 10. The van der Waals surface area contributed by atoms with Crippen LogP contribution in [0.1, 0.15) is 67.6 Å². The van der Waals surface area contributed by atoms with Crippen LogP contribution in [0.4, 0.5) is 0 Å². The summed E-state index contributed by atoms with van der Waals surface area (Å²) in [4.78, 5) is 18.2. The molecule has 0 spiro atoms. The zero-order chi connectivity index (χ0) is 16.1. The monoisotopic (exact) mass is 352 g/mol. The predicted molar refractivity (Wildman–Crippen MR) is 90.6 cm³/mol. The van der Waals surface area contributed by atoms with Crippen LogP contribution in [0.5, 0.6) is 0 Å². The van der Waals surface area contributed by atoms with Gasteiger partial charge in [0.1, 0.15) is 0 Å². The fourth-order valence-electron chi connectivity index (χ4n) is 1.51. The molecule has 0 saturated heterocycles. The molecule has 0 aliphatic rings. The average molecular weight is 352 g/mol. The quantitative estimate of drug-likeness (QED) is 0.358. The fourth-order valence-corrected chi connectivity index (χ4v) is 3.67. The maximum atomic E-state index is 11.1. The molecule has 0 rings (SSSR count). The van der Waals surface area contributed by atoms with E-state index >= 15 is 0 Å². The van der Waals surface area contributed by atoms with Crippen molar-refractivity contribution < 1.29 is 49.9 Å². The van der Waals surface area contributed by atoms with Crippen molar-refractivity contribution in [2.75, 3.05) is 24.6 Å². The summed E-state index contributed by atoms with van der Waals surface area (Å²) in [6.07, 6.45) is 8.13. The van der Waals surface area contributed by atoms with Crippen LogP contribution in [0, 0.1) is 0 Å². The summed E-state index contributed by atoms with van der Waals surface area (Å²) < 4.78 is 22.0. The van der Waals surface area contributed by atoms with Crippen LogP contribution in [0.25, 0.3) is 0 Å². The summed E-state index contributed by atoms with van der Waals surface area (Å²) >= 11 is 0. The van der Waals surface area contributed by atoms with Gasteiger partial charge in [-0.15, -0.1) is 0 Å². The summed E-state index contributed by atoms with van der Waals surface area (Å²) in [5, 5.41) is 0. The third-order valence-electron chi connectivity index (χ3n) is 3.21. The van der Waals surface area contributed by atoms with Gasteiger partial charge < -0.3 is 11.2 Å². The molecule has 0 aliphatic heterocycles. The molecule has 0 aromatic carbocycles. The first-order chi connectivity index (χ1) is 9.24. The molecule has 0 saturated carbocycles. The summed E-state index contributed by atoms with van der Waals surface area (Å²) in [6, 6.07) is 0. The van der Waals surface area contributed by atoms with Crippen LogP contribution in [0.2, 0.25) is 0 Å². The van der Waals surface area contributed by atoms with Gasteiger partial charge in [-0.1, -0.05) is 53.4 Å². The third kappa shape index (κ3) is 21.4. The van der Waals surface area contributed by atoms with E-state index in [1.807, 2.05) is 6.92 Å². The smallest absolute Gasteiger partial charge is 1.00 e. The van der Waals surface area contributed by atoms with Crippen molar-refractivity contribution in [3.05, 3.63) is 0 Å². The van der Waals surface area contributed by atoms with Crippen molar-refractivity contribution in [1.29, 1.82) is 0 Å². The first-order valence-electron chi connectivity index (χ1n) is 7.86. The fraction of sp³-hybridized carbons (Fsp3) is 1.00. The Morgan fingerprint density at radius 3 is 1.43 bits per heavy atom. The number of hydrogen-bond donors (Lipinski definition) is 2.